The van der Waals surface area contributed by atoms with Gasteiger partial charge in [0.25, 0.3) is 5.69 Å². The lowest BCUT2D eigenvalue weighted by Crippen LogP contribution is -1.87. The van der Waals surface area contributed by atoms with Crippen molar-refractivity contribution in [3.05, 3.63) is 70.9 Å². The van der Waals surface area contributed by atoms with E-state index in [1.807, 2.05) is 36.4 Å². The molecular formula is C15H10N2O2S2. The lowest BCUT2D eigenvalue weighted by molar-refractivity contribution is -0.384. The summed E-state index contributed by atoms with van der Waals surface area (Å²) in [6, 6.07) is 16.6. The van der Waals surface area contributed by atoms with Gasteiger partial charge in [0.1, 0.15) is 0 Å². The van der Waals surface area contributed by atoms with Crippen LogP contribution < -0.4 is 0 Å². The molecule has 4 nitrogen and oxygen atoms in total. The Balaban J connectivity index is 1.85. The van der Waals surface area contributed by atoms with Crippen LogP contribution >= 0.6 is 23.1 Å². The summed E-state index contributed by atoms with van der Waals surface area (Å²) in [5, 5.41) is 10.8. The van der Waals surface area contributed by atoms with Gasteiger partial charge in [-0.3, -0.25) is 10.1 Å². The molecule has 0 N–H and O–H groups in total. The molecule has 0 radical (unpaired) electrons. The van der Waals surface area contributed by atoms with E-state index in [1.54, 1.807) is 30.1 Å². The molecule has 6 heteroatoms. The predicted molar refractivity (Wildman–Crippen MR) is 84.8 cm³/mol. The topological polar surface area (TPSA) is 56.0 Å². The lowest BCUT2D eigenvalue weighted by Gasteiger charge is -1.97. The third-order valence-electron chi connectivity index (χ3n) is 2.77. The lowest BCUT2D eigenvalue weighted by atomic mass is 10.2. The summed E-state index contributed by atoms with van der Waals surface area (Å²) in [6.07, 6.45) is 1.76. The molecule has 0 aliphatic heterocycles. The molecule has 0 unspecified atom stereocenters. The molecule has 1 heterocycles. The molecule has 0 fully saturated rings. The van der Waals surface area contributed by atoms with Crippen molar-refractivity contribution in [3.63, 3.8) is 0 Å². The zero-order chi connectivity index (χ0) is 14.7. The summed E-state index contributed by atoms with van der Waals surface area (Å²) >= 11 is 3.12. The van der Waals surface area contributed by atoms with Crippen LogP contribution in [0.1, 0.15) is 0 Å². The number of thiazole rings is 1. The van der Waals surface area contributed by atoms with E-state index in [1.165, 1.54) is 17.4 Å². The number of nitro benzene ring substituents is 1. The van der Waals surface area contributed by atoms with Gasteiger partial charge in [-0.1, -0.05) is 42.1 Å². The summed E-state index contributed by atoms with van der Waals surface area (Å²) in [6.45, 7) is 0. The summed E-state index contributed by atoms with van der Waals surface area (Å²) in [4.78, 5) is 16.9. The molecule has 3 aromatic rings. The van der Waals surface area contributed by atoms with Gasteiger partial charge >= 0.3 is 0 Å². The number of benzene rings is 2. The Morgan fingerprint density at radius 2 is 1.90 bits per heavy atom. The van der Waals surface area contributed by atoms with Crippen LogP contribution in [0.3, 0.4) is 0 Å². The van der Waals surface area contributed by atoms with Crippen LogP contribution in [0.4, 0.5) is 5.69 Å². The minimum atomic E-state index is -0.385. The van der Waals surface area contributed by atoms with Crippen LogP contribution in [-0.4, -0.2) is 9.91 Å². The largest absolute Gasteiger partial charge is 0.270 e. The minimum Gasteiger partial charge on any atom is -0.258 e. The fraction of sp³-hybridized carbons (Fsp3) is 0. The first kappa shape index (κ1) is 13.8. The van der Waals surface area contributed by atoms with Gasteiger partial charge in [0.05, 0.1) is 9.80 Å². The first-order valence-electron chi connectivity index (χ1n) is 6.16. The van der Waals surface area contributed by atoms with Crippen molar-refractivity contribution in [1.29, 1.82) is 0 Å². The highest BCUT2D eigenvalue weighted by atomic mass is 32.2. The number of non-ortho nitro benzene ring substituents is 1. The Bertz CT molecular complexity index is 772. The molecule has 1 aromatic heterocycles. The van der Waals surface area contributed by atoms with Gasteiger partial charge in [-0.25, -0.2) is 4.98 Å². The Hall–Kier alpha value is -2.18. The van der Waals surface area contributed by atoms with Crippen LogP contribution in [0.15, 0.2) is 70.0 Å². The number of hydrogen-bond donors (Lipinski definition) is 0. The second-order valence-electron chi connectivity index (χ2n) is 4.21. The van der Waals surface area contributed by atoms with Crippen LogP contribution in [-0.2, 0) is 0 Å². The van der Waals surface area contributed by atoms with Crippen LogP contribution in [0.2, 0.25) is 0 Å². The monoisotopic (exact) mass is 314 g/mol. The second-order valence-corrected chi connectivity index (χ2v) is 6.56. The second kappa shape index (κ2) is 6.07. The molecule has 0 aliphatic carbocycles. The summed E-state index contributed by atoms with van der Waals surface area (Å²) in [5.41, 5.74) is 0.916. The third kappa shape index (κ3) is 3.29. The minimum absolute atomic E-state index is 0.0955. The normalized spacial score (nSPS) is 10.5. The van der Waals surface area contributed by atoms with E-state index in [0.29, 0.717) is 0 Å². The molecule has 0 spiro atoms. The molecule has 0 aliphatic rings. The van der Waals surface area contributed by atoms with Gasteiger partial charge in [-0.2, -0.15) is 0 Å². The highest BCUT2D eigenvalue weighted by molar-refractivity contribution is 8.01. The summed E-state index contributed by atoms with van der Waals surface area (Å²) < 4.78 is 0.919. The summed E-state index contributed by atoms with van der Waals surface area (Å²) in [5.74, 6) is 0. The number of hydrogen-bond acceptors (Lipinski definition) is 5. The zero-order valence-corrected chi connectivity index (χ0v) is 12.4. The van der Waals surface area contributed by atoms with E-state index in [-0.39, 0.29) is 10.6 Å². The van der Waals surface area contributed by atoms with E-state index in [0.717, 1.165) is 19.7 Å². The average molecular weight is 314 g/mol. The third-order valence-corrected chi connectivity index (χ3v) is 4.90. The highest BCUT2D eigenvalue weighted by Crippen LogP contribution is 2.36. The Kier molecular flexibility index (Phi) is 3.98. The number of rotatable bonds is 4. The van der Waals surface area contributed by atoms with E-state index < -0.39 is 0 Å². The Labute approximate surface area is 129 Å². The first-order valence-corrected chi connectivity index (χ1v) is 7.79. The van der Waals surface area contributed by atoms with Gasteiger partial charge in [0.2, 0.25) is 0 Å². The van der Waals surface area contributed by atoms with E-state index in [9.17, 15) is 10.1 Å². The average Bonchev–Trinajstić information content (AvgIpc) is 2.97. The fourth-order valence-electron chi connectivity index (χ4n) is 1.80. The van der Waals surface area contributed by atoms with Crippen LogP contribution in [0.25, 0.3) is 10.4 Å². The Morgan fingerprint density at radius 3 is 2.67 bits per heavy atom. The van der Waals surface area contributed by atoms with Gasteiger partial charge in [0.15, 0.2) is 4.34 Å². The smallest absolute Gasteiger partial charge is 0.258 e. The van der Waals surface area contributed by atoms with Crippen molar-refractivity contribution in [1.82, 2.24) is 4.98 Å². The van der Waals surface area contributed by atoms with Gasteiger partial charge in [-0.15, -0.1) is 11.3 Å². The fourth-order valence-corrected chi connectivity index (χ4v) is 3.77. The molecule has 0 saturated carbocycles. The van der Waals surface area contributed by atoms with E-state index in [2.05, 4.69) is 4.98 Å². The molecule has 0 atom stereocenters. The maximum absolute atomic E-state index is 10.8. The Morgan fingerprint density at radius 1 is 1.10 bits per heavy atom. The van der Waals surface area contributed by atoms with Crippen molar-refractivity contribution in [3.8, 4) is 10.4 Å². The van der Waals surface area contributed by atoms with E-state index in [4.69, 9.17) is 0 Å². The van der Waals surface area contributed by atoms with Crippen LogP contribution in [0.5, 0.6) is 0 Å². The van der Waals surface area contributed by atoms with Gasteiger partial charge in [-0.05, 0) is 12.1 Å². The number of aromatic nitrogens is 1. The van der Waals surface area contributed by atoms with Crippen molar-refractivity contribution in [2.24, 2.45) is 0 Å². The quantitative estimate of drug-likeness (QED) is 0.509. The van der Waals surface area contributed by atoms with Gasteiger partial charge < -0.3 is 0 Å². The number of nitrogens with zero attached hydrogens (tertiary/aromatic N) is 2. The highest BCUT2D eigenvalue weighted by Gasteiger charge is 2.10. The molecule has 3 rings (SSSR count). The molecule has 2 aromatic carbocycles. The van der Waals surface area contributed by atoms with Crippen LogP contribution in [0, 0.1) is 10.1 Å². The molecular weight excluding hydrogens is 304 g/mol. The molecule has 0 amide bonds. The maximum atomic E-state index is 10.8. The molecule has 0 bridgehead atoms. The van der Waals surface area contributed by atoms with Crippen molar-refractivity contribution >= 4 is 28.8 Å². The SMILES string of the molecule is O=[N+]([O-])c1cccc(-c2cnc(Sc3ccccc3)s2)c1. The van der Waals surface area contributed by atoms with Crippen molar-refractivity contribution in [2.75, 3.05) is 0 Å². The van der Waals surface area contributed by atoms with E-state index >= 15 is 0 Å². The number of nitro groups is 1. The van der Waals surface area contributed by atoms with Gasteiger partial charge in [0, 0.05) is 28.8 Å². The molecule has 104 valence electrons. The first-order chi connectivity index (χ1) is 10.2. The van der Waals surface area contributed by atoms with Crippen molar-refractivity contribution in [2.45, 2.75) is 9.24 Å². The molecule has 21 heavy (non-hydrogen) atoms. The molecule has 0 saturated heterocycles. The standard InChI is InChI=1S/C15H10N2O2S2/c18-17(19)12-6-4-5-11(9-12)14-10-16-15(21-14)20-13-7-2-1-3-8-13/h1-10H. The summed E-state index contributed by atoms with van der Waals surface area (Å²) in [7, 11) is 0. The zero-order valence-electron chi connectivity index (χ0n) is 10.8. The maximum Gasteiger partial charge on any atom is 0.270 e. The predicted octanol–water partition coefficient (Wildman–Crippen LogP) is 4.87. The van der Waals surface area contributed by atoms with Crippen molar-refractivity contribution < 1.29 is 4.92 Å².